The fraction of sp³-hybridized carbons (Fsp3) is 0.400. The molecule has 0 saturated carbocycles. The third-order valence-electron chi connectivity index (χ3n) is 3.11. The third kappa shape index (κ3) is 3.25. The predicted molar refractivity (Wildman–Crippen MR) is 86.8 cm³/mol. The Morgan fingerprint density at radius 2 is 1.84 bits per heavy atom. The third-order valence-corrected chi connectivity index (χ3v) is 5.57. The van der Waals surface area contributed by atoms with E-state index in [1.807, 2.05) is 0 Å². The normalized spacial score (nSPS) is 11.0. The molecule has 0 bridgehead atoms. The van der Waals surface area contributed by atoms with E-state index in [-0.39, 0.29) is 0 Å². The Morgan fingerprint density at radius 3 is 2.42 bits per heavy atom. The largest absolute Gasteiger partial charge is 0.312 e. The first-order valence-corrected chi connectivity index (χ1v) is 8.08. The van der Waals surface area contributed by atoms with Gasteiger partial charge in [0.15, 0.2) is 0 Å². The summed E-state index contributed by atoms with van der Waals surface area (Å²) in [5, 5.41) is 4.48. The van der Waals surface area contributed by atoms with Crippen molar-refractivity contribution in [2.45, 2.75) is 34.2 Å². The van der Waals surface area contributed by atoms with E-state index in [0.717, 1.165) is 23.8 Å². The number of nitrogens with one attached hydrogen (secondary N) is 1. The number of hydrogen-bond donors (Lipinski definition) is 1. The van der Waals surface area contributed by atoms with Crippen molar-refractivity contribution in [1.29, 1.82) is 0 Å². The molecular weight excluding hydrogens is 320 g/mol. The molecule has 0 aliphatic heterocycles. The molecule has 0 unspecified atom stereocenters. The quantitative estimate of drug-likeness (QED) is 0.880. The smallest absolute Gasteiger partial charge is 0.123 e. The molecule has 0 radical (unpaired) electrons. The Morgan fingerprint density at radius 1 is 1.21 bits per heavy atom. The molecule has 1 aromatic heterocycles. The van der Waals surface area contributed by atoms with Crippen molar-refractivity contribution in [3.8, 4) is 10.6 Å². The summed E-state index contributed by atoms with van der Waals surface area (Å²) in [4.78, 5) is 6.04. The van der Waals surface area contributed by atoms with E-state index in [4.69, 9.17) is 4.98 Å². The van der Waals surface area contributed by atoms with E-state index in [9.17, 15) is 0 Å². The lowest BCUT2D eigenvalue weighted by Gasteiger charge is -2.05. The van der Waals surface area contributed by atoms with E-state index in [1.165, 1.54) is 26.0 Å². The lowest BCUT2D eigenvalue weighted by atomic mass is 10.1. The van der Waals surface area contributed by atoms with Gasteiger partial charge in [0.05, 0.1) is 5.69 Å². The summed E-state index contributed by atoms with van der Waals surface area (Å²) in [7, 11) is 0. The van der Waals surface area contributed by atoms with Crippen molar-refractivity contribution in [1.82, 2.24) is 10.3 Å². The molecule has 1 N–H and O–H groups in total. The summed E-state index contributed by atoms with van der Waals surface area (Å²) in [6.07, 6.45) is 0. The first kappa shape index (κ1) is 14.7. The van der Waals surface area contributed by atoms with E-state index < -0.39 is 0 Å². The number of nitrogens with zero attached hydrogens (tertiary/aromatic N) is 1. The zero-order valence-corrected chi connectivity index (χ0v) is 14.2. The Balaban J connectivity index is 2.37. The summed E-state index contributed by atoms with van der Waals surface area (Å²) in [5.41, 5.74) is 4.88. The van der Waals surface area contributed by atoms with Crippen LogP contribution in [0, 0.1) is 20.8 Å². The molecule has 0 aliphatic rings. The van der Waals surface area contributed by atoms with Gasteiger partial charge in [-0.3, -0.25) is 0 Å². The molecule has 2 aromatic rings. The minimum atomic E-state index is 0.911. The maximum atomic E-state index is 4.71. The van der Waals surface area contributed by atoms with E-state index >= 15 is 0 Å². The molecule has 4 heteroatoms. The molecule has 2 rings (SSSR count). The number of hydrogen-bond acceptors (Lipinski definition) is 3. The van der Waals surface area contributed by atoms with Gasteiger partial charge in [-0.1, -0.05) is 22.9 Å². The summed E-state index contributed by atoms with van der Waals surface area (Å²) in [6, 6.07) is 4.40. The first-order valence-electron chi connectivity index (χ1n) is 6.47. The van der Waals surface area contributed by atoms with Gasteiger partial charge in [0, 0.05) is 21.5 Å². The van der Waals surface area contributed by atoms with Crippen molar-refractivity contribution >= 4 is 27.3 Å². The number of aromatic nitrogens is 1. The van der Waals surface area contributed by atoms with Crippen LogP contribution in [0.3, 0.4) is 0 Å². The summed E-state index contributed by atoms with van der Waals surface area (Å²) in [6.45, 7) is 10.4. The number of rotatable bonds is 4. The minimum Gasteiger partial charge on any atom is -0.312 e. The number of benzene rings is 1. The average molecular weight is 339 g/mol. The Bertz CT molecular complexity index is 567. The van der Waals surface area contributed by atoms with Crippen LogP contribution >= 0.6 is 27.3 Å². The molecule has 0 fully saturated rings. The highest BCUT2D eigenvalue weighted by molar-refractivity contribution is 9.10. The van der Waals surface area contributed by atoms with Crippen molar-refractivity contribution in [2.75, 3.05) is 6.54 Å². The fourth-order valence-corrected chi connectivity index (χ4v) is 3.27. The maximum Gasteiger partial charge on any atom is 0.123 e. The molecular formula is C15H19BrN2S. The minimum absolute atomic E-state index is 0.911. The number of aryl methyl sites for hydroxylation is 3. The topological polar surface area (TPSA) is 24.9 Å². The van der Waals surface area contributed by atoms with Crippen LogP contribution < -0.4 is 5.32 Å². The van der Waals surface area contributed by atoms with Gasteiger partial charge in [0.25, 0.3) is 0 Å². The van der Waals surface area contributed by atoms with E-state index in [0.29, 0.717) is 0 Å². The van der Waals surface area contributed by atoms with Crippen LogP contribution in [0.4, 0.5) is 0 Å². The van der Waals surface area contributed by atoms with Crippen LogP contribution in [0.1, 0.15) is 28.6 Å². The molecule has 102 valence electrons. The summed E-state index contributed by atoms with van der Waals surface area (Å²) < 4.78 is 1.19. The second-order valence-electron chi connectivity index (χ2n) is 4.73. The Kier molecular flexibility index (Phi) is 4.76. The summed E-state index contributed by atoms with van der Waals surface area (Å²) in [5.74, 6) is 0. The first-order chi connectivity index (χ1) is 9.02. The van der Waals surface area contributed by atoms with E-state index in [2.05, 4.69) is 61.1 Å². The van der Waals surface area contributed by atoms with Gasteiger partial charge in [-0.25, -0.2) is 4.98 Å². The van der Waals surface area contributed by atoms with Gasteiger partial charge in [0.1, 0.15) is 5.01 Å². The van der Waals surface area contributed by atoms with Crippen LogP contribution in [0.25, 0.3) is 10.6 Å². The van der Waals surface area contributed by atoms with Gasteiger partial charge in [0.2, 0.25) is 0 Å². The van der Waals surface area contributed by atoms with Gasteiger partial charge < -0.3 is 5.32 Å². The highest BCUT2D eigenvalue weighted by atomic mass is 79.9. The molecule has 2 nitrogen and oxygen atoms in total. The fourth-order valence-electron chi connectivity index (χ4n) is 2.02. The van der Waals surface area contributed by atoms with Crippen LogP contribution in [-0.4, -0.2) is 11.5 Å². The van der Waals surface area contributed by atoms with Gasteiger partial charge in [-0.05, 0) is 50.6 Å². The van der Waals surface area contributed by atoms with Gasteiger partial charge in [-0.2, -0.15) is 0 Å². The molecule has 0 atom stereocenters. The molecule has 1 aromatic carbocycles. The molecule has 19 heavy (non-hydrogen) atoms. The molecule has 0 spiro atoms. The predicted octanol–water partition coefficient (Wildman–Crippen LogP) is 4.61. The second-order valence-corrected chi connectivity index (χ2v) is 6.61. The van der Waals surface area contributed by atoms with E-state index in [1.54, 1.807) is 11.3 Å². The monoisotopic (exact) mass is 338 g/mol. The van der Waals surface area contributed by atoms with Crippen molar-refractivity contribution in [3.63, 3.8) is 0 Å². The number of halogens is 1. The van der Waals surface area contributed by atoms with Gasteiger partial charge in [-0.15, -0.1) is 11.3 Å². The molecule has 0 saturated heterocycles. The van der Waals surface area contributed by atoms with Crippen molar-refractivity contribution < 1.29 is 0 Å². The van der Waals surface area contributed by atoms with Crippen LogP contribution in [0.2, 0.25) is 0 Å². The van der Waals surface area contributed by atoms with Crippen LogP contribution in [0.15, 0.2) is 16.6 Å². The molecule has 0 aliphatic carbocycles. The van der Waals surface area contributed by atoms with Crippen LogP contribution in [-0.2, 0) is 6.54 Å². The zero-order valence-electron chi connectivity index (χ0n) is 11.8. The SMILES string of the molecule is CCNCc1sc(-c2cc(C)c(Br)c(C)c2)nc1C. The highest BCUT2D eigenvalue weighted by Gasteiger charge is 2.11. The molecule has 0 amide bonds. The maximum absolute atomic E-state index is 4.71. The standard InChI is InChI=1S/C15H19BrN2S/c1-5-17-8-13-11(4)18-15(19-13)12-6-9(2)14(16)10(3)7-12/h6-7,17H,5,8H2,1-4H3. The lowest BCUT2D eigenvalue weighted by molar-refractivity contribution is 0.731. The summed E-state index contributed by atoms with van der Waals surface area (Å²) >= 11 is 5.40. The lowest BCUT2D eigenvalue weighted by Crippen LogP contribution is -2.11. The zero-order chi connectivity index (χ0) is 14.0. The molecule has 1 heterocycles. The van der Waals surface area contributed by atoms with Crippen molar-refractivity contribution in [3.05, 3.63) is 38.3 Å². The Hall–Kier alpha value is -0.710. The average Bonchev–Trinajstić information content (AvgIpc) is 2.74. The second kappa shape index (κ2) is 6.16. The van der Waals surface area contributed by atoms with Crippen molar-refractivity contribution in [2.24, 2.45) is 0 Å². The van der Waals surface area contributed by atoms with Crippen LogP contribution in [0.5, 0.6) is 0 Å². The Labute approximate surface area is 127 Å². The van der Waals surface area contributed by atoms with Gasteiger partial charge >= 0.3 is 0 Å². The highest BCUT2D eigenvalue weighted by Crippen LogP contribution is 2.32. The number of thiazole rings is 1.